The van der Waals surface area contributed by atoms with Crippen LogP contribution >= 0.6 is 34.5 Å². The number of nitrogens with one attached hydrogen (secondary N) is 1. The lowest BCUT2D eigenvalue weighted by Gasteiger charge is -2.09. The topological polar surface area (TPSA) is 38.3 Å². The van der Waals surface area contributed by atoms with Crippen LogP contribution in [0.15, 0.2) is 29.6 Å². The number of benzene rings is 1. The molecule has 0 aliphatic carbocycles. The molecule has 2 rings (SSSR count). The van der Waals surface area contributed by atoms with Gasteiger partial charge in [0.25, 0.3) is 5.91 Å². The summed E-state index contributed by atoms with van der Waals surface area (Å²) in [5, 5.41) is 5.72. The van der Waals surface area contributed by atoms with Crippen molar-refractivity contribution in [3.63, 3.8) is 0 Å². The molecule has 0 saturated carbocycles. The molecular weight excluding hydrogens is 317 g/mol. The van der Waals surface area contributed by atoms with E-state index in [9.17, 15) is 4.79 Å². The van der Waals surface area contributed by atoms with Gasteiger partial charge in [-0.15, -0.1) is 11.3 Å². The largest absolute Gasteiger partial charge is 0.490 e. The van der Waals surface area contributed by atoms with Crippen molar-refractivity contribution in [2.75, 3.05) is 13.2 Å². The van der Waals surface area contributed by atoms with Crippen LogP contribution in [0.4, 0.5) is 0 Å². The maximum atomic E-state index is 11.8. The van der Waals surface area contributed by atoms with E-state index in [4.69, 9.17) is 27.9 Å². The molecule has 3 nitrogen and oxygen atoms in total. The van der Waals surface area contributed by atoms with Crippen LogP contribution in [0.2, 0.25) is 10.0 Å². The summed E-state index contributed by atoms with van der Waals surface area (Å²) in [7, 11) is 0. The third kappa shape index (κ3) is 3.88. The molecule has 1 aromatic heterocycles. The predicted molar refractivity (Wildman–Crippen MR) is 83.3 cm³/mol. The molecule has 0 radical (unpaired) electrons. The Kier molecular flexibility index (Phi) is 5.29. The third-order valence-electron chi connectivity index (χ3n) is 2.61. The molecule has 6 heteroatoms. The first-order valence-electron chi connectivity index (χ1n) is 5.98. The molecule has 2 aromatic rings. The highest BCUT2D eigenvalue weighted by Gasteiger charge is 2.09. The predicted octanol–water partition coefficient (Wildman–Crippen LogP) is 4.17. The van der Waals surface area contributed by atoms with Gasteiger partial charge in [0.05, 0.1) is 16.4 Å². The fourth-order valence-electron chi connectivity index (χ4n) is 1.60. The molecule has 0 unspecified atom stereocenters. The number of halogens is 2. The Balaban J connectivity index is 1.79. The molecule has 0 atom stereocenters. The lowest BCUT2D eigenvalue weighted by Crippen LogP contribution is -2.27. The molecular formula is C14H13Cl2NO2S. The molecule has 0 aliphatic heterocycles. The number of amides is 1. The quantitative estimate of drug-likeness (QED) is 0.836. The highest BCUT2D eigenvalue weighted by molar-refractivity contribution is 7.12. The molecule has 0 fully saturated rings. The highest BCUT2D eigenvalue weighted by atomic mass is 35.5. The first-order chi connectivity index (χ1) is 9.58. The molecule has 0 bridgehead atoms. The van der Waals surface area contributed by atoms with Gasteiger partial charge in [-0.1, -0.05) is 23.2 Å². The van der Waals surface area contributed by atoms with Crippen LogP contribution < -0.4 is 10.1 Å². The second kappa shape index (κ2) is 6.97. The molecule has 0 aliphatic rings. The SMILES string of the molecule is Cc1ccsc1C(=O)NCCOc1ccc(Cl)cc1Cl. The van der Waals surface area contributed by atoms with Crippen LogP contribution in [0, 0.1) is 6.92 Å². The van der Waals surface area contributed by atoms with E-state index < -0.39 is 0 Å². The van der Waals surface area contributed by atoms with Crippen molar-refractivity contribution < 1.29 is 9.53 Å². The van der Waals surface area contributed by atoms with Gasteiger partial charge in [-0.2, -0.15) is 0 Å². The van der Waals surface area contributed by atoms with E-state index in [0.29, 0.717) is 28.9 Å². The van der Waals surface area contributed by atoms with Gasteiger partial charge in [0.2, 0.25) is 0 Å². The van der Waals surface area contributed by atoms with E-state index in [1.807, 2.05) is 18.4 Å². The summed E-state index contributed by atoms with van der Waals surface area (Å²) in [5.74, 6) is 0.473. The van der Waals surface area contributed by atoms with Crippen molar-refractivity contribution >= 4 is 40.4 Å². The van der Waals surface area contributed by atoms with Gasteiger partial charge in [-0.25, -0.2) is 0 Å². The first kappa shape index (κ1) is 15.2. The van der Waals surface area contributed by atoms with E-state index >= 15 is 0 Å². The summed E-state index contributed by atoms with van der Waals surface area (Å²) in [6.45, 7) is 2.67. The van der Waals surface area contributed by atoms with E-state index in [0.717, 1.165) is 10.4 Å². The average Bonchev–Trinajstić information content (AvgIpc) is 2.83. The second-order valence-electron chi connectivity index (χ2n) is 4.11. The number of hydrogen-bond donors (Lipinski definition) is 1. The Hall–Kier alpha value is -1.23. The number of carbonyl (C=O) groups excluding carboxylic acids is 1. The molecule has 20 heavy (non-hydrogen) atoms. The number of ether oxygens (including phenoxy) is 1. The molecule has 106 valence electrons. The zero-order chi connectivity index (χ0) is 14.5. The number of thiophene rings is 1. The molecule has 0 spiro atoms. The third-order valence-corrected chi connectivity index (χ3v) is 4.15. The molecule has 1 N–H and O–H groups in total. The number of aryl methyl sites for hydroxylation is 1. The summed E-state index contributed by atoms with van der Waals surface area (Å²) in [6, 6.07) is 6.95. The molecule has 1 amide bonds. The van der Waals surface area contributed by atoms with Crippen LogP contribution in [-0.4, -0.2) is 19.1 Å². The number of carbonyl (C=O) groups is 1. The smallest absolute Gasteiger partial charge is 0.261 e. The second-order valence-corrected chi connectivity index (χ2v) is 5.87. The van der Waals surface area contributed by atoms with E-state index in [-0.39, 0.29) is 5.91 Å². The van der Waals surface area contributed by atoms with Crippen molar-refractivity contribution in [3.05, 3.63) is 50.1 Å². The summed E-state index contributed by atoms with van der Waals surface area (Å²) >= 11 is 13.2. The van der Waals surface area contributed by atoms with Crippen molar-refractivity contribution in [1.82, 2.24) is 5.32 Å². The highest BCUT2D eigenvalue weighted by Crippen LogP contribution is 2.27. The van der Waals surface area contributed by atoms with Gasteiger partial charge in [-0.3, -0.25) is 4.79 Å². The Morgan fingerprint density at radius 1 is 1.35 bits per heavy atom. The minimum Gasteiger partial charge on any atom is -0.490 e. The fourth-order valence-corrected chi connectivity index (χ4v) is 2.91. The Bertz CT molecular complexity index is 613. The Labute approximate surface area is 131 Å². The van der Waals surface area contributed by atoms with Crippen molar-refractivity contribution in [2.24, 2.45) is 0 Å². The summed E-state index contributed by atoms with van der Waals surface area (Å²) < 4.78 is 5.49. The van der Waals surface area contributed by atoms with Gasteiger partial charge in [0.1, 0.15) is 12.4 Å². The van der Waals surface area contributed by atoms with Crippen LogP contribution in [0.3, 0.4) is 0 Å². The standard InChI is InChI=1S/C14H13Cl2NO2S/c1-9-4-7-20-13(9)14(18)17-5-6-19-12-3-2-10(15)8-11(12)16/h2-4,7-8H,5-6H2,1H3,(H,17,18). The monoisotopic (exact) mass is 329 g/mol. The van der Waals surface area contributed by atoms with Gasteiger partial charge in [-0.05, 0) is 42.1 Å². The van der Waals surface area contributed by atoms with Gasteiger partial charge in [0, 0.05) is 5.02 Å². The fraction of sp³-hybridized carbons (Fsp3) is 0.214. The van der Waals surface area contributed by atoms with Gasteiger partial charge >= 0.3 is 0 Å². The van der Waals surface area contributed by atoms with Crippen molar-refractivity contribution in [1.29, 1.82) is 0 Å². The van der Waals surface area contributed by atoms with Gasteiger partial charge < -0.3 is 10.1 Å². The Morgan fingerprint density at radius 3 is 2.80 bits per heavy atom. The minimum absolute atomic E-state index is 0.0803. The zero-order valence-electron chi connectivity index (χ0n) is 10.8. The van der Waals surface area contributed by atoms with Crippen LogP contribution in [0.25, 0.3) is 0 Å². The molecule has 0 saturated heterocycles. The first-order valence-corrected chi connectivity index (χ1v) is 7.61. The molecule has 1 heterocycles. The van der Waals surface area contributed by atoms with Crippen molar-refractivity contribution in [2.45, 2.75) is 6.92 Å². The van der Waals surface area contributed by atoms with Crippen LogP contribution in [0.5, 0.6) is 5.75 Å². The normalized spacial score (nSPS) is 10.3. The number of hydrogen-bond acceptors (Lipinski definition) is 3. The lowest BCUT2D eigenvalue weighted by atomic mass is 10.3. The maximum Gasteiger partial charge on any atom is 0.261 e. The van der Waals surface area contributed by atoms with Crippen LogP contribution in [-0.2, 0) is 0 Å². The molecule has 1 aromatic carbocycles. The lowest BCUT2D eigenvalue weighted by molar-refractivity contribution is 0.0950. The number of rotatable bonds is 5. The summed E-state index contributed by atoms with van der Waals surface area (Å²) in [4.78, 5) is 12.6. The summed E-state index contributed by atoms with van der Waals surface area (Å²) in [6.07, 6.45) is 0. The van der Waals surface area contributed by atoms with E-state index in [2.05, 4.69) is 5.32 Å². The zero-order valence-corrected chi connectivity index (χ0v) is 13.1. The van der Waals surface area contributed by atoms with Crippen molar-refractivity contribution in [3.8, 4) is 5.75 Å². The minimum atomic E-state index is -0.0803. The van der Waals surface area contributed by atoms with Crippen LogP contribution in [0.1, 0.15) is 15.2 Å². The van der Waals surface area contributed by atoms with E-state index in [1.165, 1.54) is 11.3 Å². The average molecular weight is 330 g/mol. The van der Waals surface area contributed by atoms with Gasteiger partial charge in [0.15, 0.2) is 0 Å². The summed E-state index contributed by atoms with van der Waals surface area (Å²) in [5.41, 5.74) is 0.981. The maximum absolute atomic E-state index is 11.8. The Morgan fingerprint density at radius 2 is 2.15 bits per heavy atom. The van der Waals surface area contributed by atoms with E-state index in [1.54, 1.807) is 18.2 Å².